The molecule has 7 rings (SSSR count). The lowest BCUT2D eigenvalue weighted by Crippen LogP contribution is -2.65. The number of amides is 1. The highest BCUT2D eigenvalue weighted by molar-refractivity contribution is 7.14. The van der Waals surface area contributed by atoms with E-state index >= 15 is 0 Å². The number of carbonyl (C=O) groups is 3. The third kappa shape index (κ3) is 9.13. The van der Waals surface area contributed by atoms with E-state index in [9.17, 15) is 14.4 Å². The van der Waals surface area contributed by atoms with Gasteiger partial charge in [-0.2, -0.15) is 0 Å². The van der Waals surface area contributed by atoms with Crippen molar-refractivity contribution in [1.82, 2.24) is 4.98 Å². The molecule has 3 aromatic rings. The molecule has 5 atom stereocenters. The summed E-state index contributed by atoms with van der Waals surface area (Å²) in [4.78, 5) is 50.9. The highest BCUT2D eigenvalue weighted by Crippen LogP contribution is 2.66. The summed E-state index contributed by atoms with van der Waals surface area (Å²) in [5.41, 5.74) is 0.232. The average Bonchev–Trinajstić information content (AvgIpc) is 3.72. The molecule has 2 aromatic carbocycles. The van der Waals surface area contributed by atoms with Crippen molar-refractivity contribution in [3.05, 3.63) is 76.3 Å². The molecular formula is C42H54BN3O9S. The molecule has 2 heterocycles. The lowest BCUT2D eigenvalue weighted by Gasteiger charge is -2.64. The molecule has 14 heteroatoms. The number of ether oxygens (including phenoxy) is 3. The van der Waals surface area contributed by atoms with Gasteiger partial charge >= 0.3 is 19.2 Å². The lowest BCUT2D eigenvalue weighted by atomic mass is 9.43. The molecule has 1 aromatic heterocycles. The Morgan fingerprint density at radius 3 is 2.38 bits per heavy atom. The molecule has 2 bridgehead atoms. The Morgan fingerprint density at radius 2 is 1.71 bits per heavy atom. The van der Waals surface area contributed by atoms with E-state index in [1.807, 2.05) is 57.2 Å². The van der Waals surface area contributed by atoms with E-state index in [1.165, 1.54) is 7.11 Å². The molecule has 1 N–H and O–H groups in total. The lowest BCUT2D eigenvalue weighted by molar-refractivity contribution is -0.199. The van der Waals surface area contributed by atoms with E-state index < -0.39 is 41.8 Å². The van der Waals surface area contributed by atoms with Gasteiger partial charge in [-0.3, -0.25) is 10.1 Å². The summed E-state index contributed by atoms with van der Waals surface area (Å²) >= 11 is 1.14. The van der Waals surface area contributed by atoms with Crippen LogP contribution < -0.4 is 10.1 Å². The van der Waals surface area contributed by atoms with E-state index in [-0.39, 0.29) is 58.9 Å². The molecule has 4 aliphatic rings. The van der Waals surface area contributed by atoms with Crippen molar-refractivity contribution in [2.45, 2.75) is 123 Å². The van der Waals surface area contributed by atoms with Crippen LogP contribution in [0.1, 0.15) is 109 Å². The van der Waals surface area contributed by atoms with Gasteiger partial charge in [-0.25, -0.2) is 14.6 Å². The van der Waals surface area contributed by atoms with Crippen molar-refractivity contribution >= 4 is 47.1 Å². The molecule has 1 aliphatic heterocycles. The van der Waals surface area contributed by atoms with Crippen LogP contribution in [0.2, 0.25) is 5.82 Å². The van der Waals surface area contributed by atoms with Crippen LogP contribution >= 0.6 is 11.3 Å². The van der Waals surface area contributed by atoms with Gasteiger partial charge in [-0.15, -0.1) is 11.3 Å². The monoisotopic (exact) mass is 787 g/mol. The third-order valence-electron chi connectivity index (χ3n) is 11.1. The minimum atomic E-state index is -0.745. The van der Waals surface area contributed by atoms with Crippen LogP contribution in [-0.4, -0.2) is 65.7 Å². The van der Waals surface area contributed by atoms with E-state index in [1.54, 1.807) is 38.3 Å². The van der Waals surface area contributed by atoms with Crippen molar-refractivity contribution in [1.29, 1.82) is 0 Å². The summed E-state index contributed by atoms with van der Waals surface area (Å²) in [7, 11) is 0.769. The number of thiazole rings is 1. The van der Waals surface area contributed by atoms with Crippen LogP contribution in [0.4, 0.5) is 9.93 Å². The number of carbonyl (C=O) groups excluding carboxylic acids is 3. The Balaban J connectivity index is 1.33. The first-order chi connectivity index (χ1) is 26.3. The number of hydrogen-bond acceptors (Lipinski definition) is 12. The quantitative estimate of drug-likeness (QED) is 0.0774. The van der Waals surface area contributed by atoms with Crippen LogP contribution in [0.15, 0.2) is 59.1 Å². The fraction of sp³-hybridized carbons (Fsp3) is 0.548. The molecular weight excluding hydrogens is 733 g/mol. The number of esters is 1. The zero-order valence-electron chi connectivity index (χ0n) is 34.1. The van der Waals surface area contributed by atoms with Gasteiger partial charge in [0.25, 0.3) is 0 Å². The van der Waals surface area contributed by atoms with Crippen molar-refractivity contribution in [2.75, 3.05) is 12.4 Å². The number of Topliss-reactive ketones (excluding diaryl/α,β-unsaturated/α-hetero) is 1. The molecule has 4 fully saturated rings. The van der Waals surface area contributed by atoms with Crippen LogP contribution in [0.25, 0.3) is 0 Å². The summed E-state index contributed by atoms with van der Waals surface area (Å²) in [5, 5.41) is 8.88. The van der Waals surface area contributed by atoms with Gasteiger partial charge in [0, 0.05) is 17.6 Å². The van der Waals surface area contributed by atoms with E-state index in [0.29, 0.717) is 23.1 Å². The predicted molar refractivity (Wildman–Crippen MR) is 215 cm³/mol. The number of oxime groups is 1. The number of benzene rings is 2. The summed E-state index contributed by atoms with van der Waals surface area (Å²) < 4.78 is 30.7. The fourth-order valence-corrected chi connectivity index (χ4v) is 8.96. The number of methoxy groups -OCH3 is 1. The second kappa shape index (κ2) is 15.9. The number of ketones is 1. The first-order valence-corrected chi connectivity index (χ1v) is 20.1. The van der Waals surface area contributed by atoms with Gasteiger partial charge in [0.1, 0.15) is 34.8 Å². The largest absolute Gasteiger partial charge is 0.496 e. The van der Waals surface area contributed by atoms with Crippen LogP contribution in [-0.2, 0) is 41.4 Å². The van der Waals surface area contributed by atoms with Crippen molar-refractivity contribution < 1.29 is 42.7 Å². The van der Waals surface area contributed by atoms with E-state index in [2.05, 4.69) is 36.2 Å². The maximum atomic E-state index is 14.6. The molecule has 1 saturated heterocycles. The van der Waals surface area contributed by atoms with Crippen LogP contribution in [0.3, 0.4) is 0 Å². The van der Waals surface area contributed by atoms with Gasteiger partial charge in [0.2, 0.25) is 0 Å². The highest BCUT2D eigenvalue weighted by atomic mass is 32.1. The second-order valence-electron chi connectivity index (χ2n) is 17.8. The zero-order chi connectivity index (χ0) is 40.6. The first kappa shape index (κ1) is 41.4. The number of para-hydroxylation sites is 1. The SMILES string of the molecule is COc1c(C[C@H](CC(=O)/C(=N\OCc2ccccc2)c2csc(NC(=O)OC(C)(C)C)n2)B2OC3C[C@@H]4C[C@@H](C4(C)C)[C@]3(C)O2)cccc1C(=O)OC(C)(C)C. The minimum Gasteiger partial charge on any atom is -0.496 e. The number of hydrogen-bond donors (Lipinski definition) is 1. The Morgan fingerprint density at radius 1 is 1.00 bits per heavy atom. The van der Waals surface area contributed by atoms with Gasteiger partial charge in [0.15, 0.2) is 16.6 Å². The Bertz CT molecular complexity index is 1950. The number of rotatable bonds is 13. The highest BCUT2D eigenvalue weighted by Gasteiger charge is 2.68. The predicted octanol–water partition coefficient (Wildman–Crippen LogP) is 8.68. The summed E-state index contributed by atoms with van der Waals surface area (Å²) in [6.07, 6.45) is 1.37. The molecule has 1 unspecified atom stereocenters. The van der Waals surface area contributed by atoms with Gasteiger partial charge in [-0.05, 0) is 102 Å². The third-order valence-corrected chi connectivity index (χ3v) is 11.8. The molecule has 300 valence electrons. The number of nitrogens with one attached hydrogen (secondary N) is 1. The Hall–Kier alpha value is -4.27. The summed E-state index contributed by atoms with van der Waals surface area (Å²) in [6.45, 7) is 17.6. The summed E-state index contributed by atoms with van der Waals surface area (Å²) in [5.74, 6) is -0.211. The maximum Gasteiger partial charge on any atom is 0.461 e. The Kier molecular flexibility index (Phi) is 11.8. The average molecular weight is 788 g/mol. The standard InChI is InChI=1S/C42H54BN3O9S/c1-39(2,3)52-36(48)29-18-14-17-26(35(29)50-10)19-28(43-54-33-21-27-20-32(41(27,7)8)42(33,9)55-43)22-31(47)34(46-51-23-25-15-12-11-13-16-25)30-24-56-37(44-30)45-38(49)53-40(4,5)6/h11-18,24,27-28,32-33H,19-23H2,1-10H3,(H,44,45,49)/b46-34-/t27-,28+,32-,33?,42-/m0/s1. The molecule has 0 spiro atoms. The maximum absolute atomic E-state index is 14.6. The number of aromatic nitrogens is 1. The van der Waals surface area contributed by atoms with Crippen molar-refractivity contribution in [3.63, 3.8) is 0 Å². The first-order valence-electron chi connectivity index (χ1n) is 19.2. The van der Waals surface area contributed by atoms with E-state index in [4.69, 9.17) is 28.4 Å². The number of nitrogens with zero attached hydrogens (tertiary/aromatic N) is 2. The molecule has 56 heavy (non-hydrogen) atoms. The van der Waals surface area contributed by atoms with Gasteiger partial charge < -0.3 is 28.4 Å². The molecule has 3 saturated carbocycles. The fourth-order valence-electron chi connectivity index (χ4n) is 8.28. The minimum absolute atomic E-state index is 0.0149. The molecule has 0 radical (unpaired) electrons. The van der Waals surface area contributed by atoms with Crippen molar-refractivity contribution in [3.8, 4) is 5.75 Å². The molecule has 1 amide bonds. The smallest absolute Gasteiger partial charge is 0.461 e. The second-order valence-corrected chi connectivity index (χ2v) is 18.7. The van der Waals surface area contributed by atoms with Gasteiger partial charge in [-0.1, -0.05) is 61.5 Å². The van der Waals surface area contributed by atoms with E-state index in [0.717, 1.165) is 29.7 Å². The summed E-state index contributed by atoms with van der Waals surface area (Å²) in [6, 6.07) is 14.8. The topological polar surface area (TPSA) is 144 Å². The van der Waals surface area contributed by atoms with Gasteiger partial charge in [0.05, 0.1) is 18.8 Å². The molecule has 3 aliphatic carbocycles. The molecule has 12 nitrogen and oxygen atoms in total. The Labute approximate surface area is 334 Å². The van der Waals surface area contributed by atoms with Crippen LogP contribution in [0.5, 0.6) is 5.75 Å². The number of anilines is 1. The zero-order valence-corrected chi connectivity index (χ0v) is 34.9. The van der Waals surface area contributed by atoms with Crippen molar-refractivity contribution in [2.24, 2.45) is 22.4 Å². The normalized spacial score (nSPS) is 23.4. The van der Waals surface area contributed by atoms with Crippen LogP contribution in [0, 0.1) is 17.3 Å².